The van der Waals surface area contributed by atoms with E-state index in [1.165, 1.54) is 0 Å². The number of carbonyl (C=O) groups excluding carboxylic acids is 1. The summed E-state index contributed by atoms with van der Waals surface area (Å²) in [5.41, 5.74) is 0.916. The summed E-state index contributed by atoms with van der Waals surface area (Å²) >= 11 is 0. The van der Waals surface area contributed by atoms with Crippen molar-refractivity contribution in [1.29, 1.82) is 0 Å². The average Bonchev–Trinajstić information content (AvgIpc) is 2.85. The zero-order chi connectivity index (χ0) is 14.8. The molecule has 0 atom stereocenters. The Morgan fingerprint density at radius 1 is 1.35 bits per heavy atom. The Morgan fingerprint density at radius 3 is 2.70 bits per heavy atom. The van der Waals surface area contributed by atoms with Crippen LogP contribution in [0.1, 0.15) is 13.8 Å². The second-order valence-electron chi connectivity index (χ2n) is 5.04. The molecule has 0 bridgehead atoms. The van der Waals surface area contributed by atoms with Crippen molar-refractivity contribution in [2.75, 3.05) is 12.4 Å². The van der Waals surface area contributed by atoms with Crippen molar-refractivity contribution in [3.63, 3.8) is 0 Å². The molecule has 1 heterocycles. The molecule has 2 rings (SSSR count). The van der Waals surface area contributed by atoms with Crippen LogP contribution in [0.2, 0.25) is 0 Å². The lowest BCUT2D eigenvalue weighted by Crippen LogP contribution is -2.47. The maximum atomic E-state index is 12.1. The van der Waals surface area contributed by atoms with Crippen LogP contribution in [0, 0.1) is 0 Å². The van der Waals surface area contributed by atoms with E-state index in [1.807, 2.05) is 38.1 Å². The highest BCUT2D eigenvalue weighted by Gasteiger charge is 2.25. The Kier molecular flexibility index (Phi) is 3.80. The molecule has 0 unspecified atom stereocenters. The number of hydrogen-bond donors (Lipinski definition) is 2. The van der Waals surface area contributed by atoms with E-state index in [1.54, 1.807) is 18.8 Å². The number of hydrogen-bond acceptors (Lipinski definition) is 5. The van der Waals surface area contributed by atoms with Gasteiger partial charge < -0.3 is 10.6 Å². The number of amides is 1. The van der Waals surface area contributed by atoms with Crippen molar-refractivity contribution in [2.24, 2.45) is 7.05 Å². The fraction of sp³-hybridized carbons (Fsp3) is 0.385. The van der Waals surface area contributed by atoms with E-state index in [9.17, 15) is 4.79 Å². The van der Waals surface area contributed by atoms with Gasteiger partial charge in [-0.05, 0) is 43.5 Å². The van der Waals surface area contributed by atoms with Crippen molar-refractivity contribution in [2.45, 2.75) is 19.4 Å². The molecule has 0 saturated carbocycles. The van der Waals surface area contributed by atoms with E-state index >= 15 is 0 Å². The number of likely N-dealkylation sites (N-methyl/N-ethyl adjacent to an activating group) is 1. The molecule has 0 aliphatic rings. The van der Waals surface area contributed by atoms with Crippen LogP contribution in [-0.4, -0.2) is 38.7 Å². The van der Waals surface area contributed by atoms with Crippen LogP contribution in [0.4, 0.5) is 5.69 Å². The van der Waals surface area contributed by atoms with E-state index in [-0.39, 0.29) is 5.91 Å². The lowest BCUT2D eigenvalue weighted by molar-refractivity contribution is -0.121. The van der Waals surface area contributed by atoms with Gasteiger partial charge in [0.25, 0.3) is 0 Å². The average molecular weight is 274 g/mol. The molecule has 106 valence electrons. The van der Waals surface area contributed by atoms with Crippen LogP contribution in [0.3, 0.4) is 0 Å². The second kappa shape index (κ2) is 5.38. The van der Waals surface area contributed by atoms with E-state index in [4.69, 9.17) is 0 Å². The van der Waals surface area contributed by atoms with Crippen molar-refractivity contribution in [3.05, 3.63) is 24.3 Å². The Balaban J connectivity index is 2.23. The fourth-order valence-electron chi connectivity index (χ4n) is 1.61. The molecule has 0 saturated heterocycles. The highest BCUT2D eigenvalue weighted by Crippen LogP contribution is 2.20. The molecule has 0 fully saturated rings. The first-order valence-electron chi connectivity index (χ1n) is 6.27. The SMILES string of the molecule is CNC(C)(C)C(=O)Nc1cccc(-c2nnnn2C)c1. The Hall–Kier alpha value is -2.28. The first-order chi connectivity index (χ1) is 9.44. The summed E-state index contributed by atoms with van der Waals surface area (Å²) in [6.45, 7) is 3.64. The summed E-state index contributed by atoms with van der Waals surface area (Å²) in [6, 6.07) is 7.42. The quantitative estimate of drug-likeness (QED) is 0.862. The van der Waals surface area contributed by atoms with Gasteiger partial charge in [-0.3, -0.25) is 4.79 Å². The molecule has 1 aromatic carbocycles. The van der Waals surface area contributed by atoms with Gasteiger partial charge in [0.2, 0.25) is 5.91 Å². The van der Waals surface area contributed by atoms with E-state index < -0.39 is 5.54 Å². The van der Waals surface area contributed by atoms with E-state index in [2.05, 4.69) is 26.2 Å². The molecule has 20 heavy (non-hydrogen) atoms. The number of nitrogens with zero attached hydrogens (tertiary/aromatic N) is 4. The van der Waals surface area contributed by atoms with Gasteiger partial charge in [0.15, 0.2) is 5.82 Å². The number of aryl methyl sites for hydroxylation is 1. The number of nitrogens with one attached hydrogen (secondary N) is 2. The van der Waals surface area contributed by atoms with E-state index in [0.29, 0.717) is 11.5 Å². The minimum Gasteiger partial charge on any atom is -0.324 e. The summed E-state index contributed by atoms with van der Waals surface area (Å²) in [5, 5.41) is 17.2. The Morgan fingerprint density at radius 2 is 2.10 bits per heavy atom. The van der Waals surface area contributed by atoms with Crippen LogP contribution in [0.5, 0.6) is 0 Å². The molecule has 0 spiro atoms. The minimum absolute atomic E-state index is 0.103. The molecule has 2 N–H and O–H groups in total. The zero-order valence-corrected chi connectivity index (χ0v) is 12.0. The third-order valence-electron chi connectivity index (χ3n) is 3.19. The standard InChI is InChI=1S/C13H18N6O/c1-13(2,14-3)12(20)15-10-7-5-6-9(8-10)11-16-17-18-19(11)4/h5-8,14H,1-4H3,(H,15,20). The number of benzene rings is 1. The van der Waals surface area contributed by atoms with Gasteiger partial charge in [-0.1, -0.05) is 12.1 Å². The largest absolute Gasteiger partial charge is 0.324 e. The van der Waals surface area contributed by atoms with Crippen LogP contribution >= 0.6 is 0 Å². The highest BCUT2D eigenvalue weighted by molar-refractivity contribution is 5.97. The second-order valence-corrected chi connectivity index (χ2v) is 5.04. The van der Waals surface area contributed by atoms with Gasteiger partial charge in [-0.2, -0.15) is 0 Å². The van der Waals surface area contributed by atoms with Gasteiger partial charge in [-0.15, -0.1) is 5.10 Å². The van der Waals surface area contributed by atoms with Crippen LogP contribution < -0.4 is 10.6 Å². The summed E-state index contributed by atoms with van der Waals surface area (Å²) in [5.74, 6) is 0.544. The lowest BCUT2D eigenvalue weighted by atomic mass is 10.0. The highest BCUT2D eigenvalue weighted by atomic mass is 16.2. The van der Waals surface area contributed by atoms with Gasteiger partial charge in [0.05, 0.1) is 5.54 Å². The maximum absolute atomic E-state index is 12.1. The van der Waals surface area contributed by atoms with Gasteiger partial charge in [0.1, 0.15) is 0 Å². The Bertz CT molecular complexity index is 619. The van der Waals surface area contributed by atoms with Gasteiger partial charge >= 0.3 is 0 Å². The maximum Gasteiger partial charge on any atom is 0.244 e. The van der Waals surface area contributed by atoms with Crippen LogP contribution in [0.15, 0.2) is 24.3 Å². The topological polar surface area (TPSA) is 84.7 Å². The molecule has 0 aliphatic heterocycles. The summed E-state index contributed by atoms with van der Waals surface area (Å²) in [4.78, 5) is 12.1. The summed E-state index contributed by atoms with van der Waals surface area (Å²) in [7, 11) is 3.52. The number of tetrazole rings is 1. The van der Waals surface area contributed by atoms with E-state index in [0.717, 1.165) is 5.56 Å². The number of carbonyl (C=O) groups is 1. The molecule has 1 aromatic heterocycles. The first kappa shape index (κ1) is 14.1. The third kappa shape index (κ3) is 2.83. The fourth-order valence-corrected chi connectivity index (χ4v) is 1.61. The number of aromatic nitrogens is 4. The summed E-state index contributed by atoms with van der Waals surface area (Å²) < 4.78 is 1.58. The zero-order valence-electron chi connectivity index (χ0n) is 12.0. The van der Waals surface area contributed by atoms with Crippen LogP contribution in [-0.2, 0) is 11.8 Å². The molecule has 2 aromatic rings. The molecule has 7 nitrogen and oxygen atoms in total. The lowest BCUT2D eigenvalue weighted by Gasteiger charge is -2.22. The molecule has 7 heteroatoms. The van der Waals surface area contributed by atoms with Crippen molar-refractivity contribution < 1.29 is 4.79 Å². The van der Waals surface area contributed by atoms with Crippen molar-refractivity contribution >= 4 is 11.6 Å². The molecule has 1 amide bonds. The predicted molar refractivity (Wildman–Crippen MR) is 76.0 cm³/mol. The summed E-state index contributed by atoms with van der Waals surface area (Å²) in [6.07, 6.45) is 0. The predicted octanol–water partition coefficient (Wildman–Crippen LogP) is 0.814. The smallest absolute Gasteiger partial charge is 0.244 e. The Labute approximate surface area is 117 Å². The van der Waals surface area contributed by atoms with Gasteiger partial charge in [0, 0.05) is 18.3 Å². The molecular weight excluding hydrogens is 256 g/mol. The first-order valence-corrected chi connectivity index (χ1v) is 6.27. The molecular formula is C13H18N6O. The monoisotopic (exact) mass is 274 g/mol. The molecule has 0 radical (unpaired) electrons. The van der Waals surface area contributed by atoms with Crippen molar-refractivity contribution in [3.8, 4) is 11.4 Å². The van der Waals surface area contributed by atoms with Gasteiger partial charge in [-0.25, -0.2) is 4.68 Å². The number of anilines is 1. The molecule has 0 aliphatic carbocycles. The third-order valence-corrected chi connectivity index (χ3v) is 3.19. The van der Waals surface area contributed by atoms with Crippen LogP contribution in [0.25, 0.3) is 11.4 Å². The van der Waals surface area contributed by atoms with Crippen molar-refractivity contribution in [1.82, 2.24) is 25.5 Å². The number of rotatable bonds is 4. The minimum atomic E-state index is -0.637. The normalized spacial score (nSPS) is 11.4.